The molecule has 24 heavy (non-hydrogen) atoms. The SMILES string of the molecule is C/C(=C\C(=O)N1CCC(N2CCCC2=O)CC1)c1ccccc1C. The molecule has 0 N–H and O–H groups in total. The van der Waals surface area contributed by atoms with E-state index in [-0.39, 0.29) is 11.8 Å². The maximum absolute atomic E-state index is 12.6. The lowest BCUT2D eigenvalue weighted by molar-refractivity contribution is -0.132. The lowest BCUT2D eigenvalue weighted by Gasteiger charge is -2.36. The van der Waals surface area contributed by atoms with Gasteiger partial charge in [0.05, 0.1) is 0 Å². The van der Waals surface area contributed by atoms with Crippen molar-refractivity contribution >= 4 is 17.4 Å². The molecule has 0 aromatic heterocycles. The number of allylic oxidation sites excluding steroid dienone is 1. The quantitative estimate of drug-likeness (QED) is 0.801. The van der Waals surface area contributed by atoms with Crippen LogP contribution in [0.4, 0.5) is 0 Å². The summed E-state index contributed by atoms with van der Waals surface area (Å²) in [7, 11) is 0. The van der Waals surface area contributed by atoms with Crippen LogP contribution in [0, 0.1) is 6.92 Å². The highest BCUT2D eigenvalue weighted by Gasteiger charge is 2.31. The van der Waals surface area contributed by atoms with Crippen LogP contribution in [-0.4, -0.2) is 47.3 Å². The lowest BCUT2D eigenvalue weighted by Crippen LogP contribution is -2.46. The van der Waals surface area contributed by atoms with Gasteiger partial charge in [0.2, 0.25) is 11.8 Å². The first-order valence-electron chi connectivity index (χ1n) is 8.89. The normalized spacial score (nSPS) is 19.9. The lowest BCUT2D eigenvalue weighted by atomic mass is 10.0. The van der Waals surface area contributed by atoms with Gasteiger partial charge in [0, 0.05) is 38.2 Å². The minimum absolute atomic E-state index is 0.0851. The van der Waals surface area contributed by atoms with Gasteiger partial charge in [-0.1, -0.05) is 24.3 Å². The Kier molecular flexibility index (Phi) is 5.03. The van der Waals surface area contributed by atoms with E-state index in [0.717, 1.165) is 50.0 Å². The molecule has 2 fully saturated rings. The molecule has 0 spiro atoms. The van der Waals surface area contributed by atoms with Crippen molar-refractivity contribution in [1.82, 2.24) is 9.80 Å². The average Bonchev–Trinajstić information content (AvgIpc) is 3.01. The van der Waals surface area contributed by atoms with Crippen LogP contribution in [0.2, 0.25) is 0 Å². The largest absolute Gasteiger partial charge is 0.340 e. The summed E-state index contributed by atoms with van der Waals surface area (Å²) in [6.07, 6.45) is 5.22. The summed E-state index contributed by atoms with van der Waals surface area (Å²) in [6.45, 7) is 6.44. The van der Waals surface area contributed by atoms with Crippen LogP contribution in [-0.2, 0) is 9.59 Å². The van der Waals surface area contributed by atoms with Crippen LogP contribution in [0.15, 0.2) is 30.3 Å². The number of carbonyl (C=O) groups is 2. The van der Waals surface area contributed by atoms with Crippen molar-refractivity contribution in [2.24, 2.45) is 0 Å². The summed E-state index contributed by atoms with van der Waals surface area (Å²) in [4.78, 5) is 28.4. The van der Waals surface area contributed by atoms with Crippen LogP contribution < -0.4 is 0 Å². The highest BCUT2D eigenvalue weighted by atomic mass is 16.2. The van der Waals surface area contributed by atoms with Gasteiger partial charge in [-0.3, -0.25) is 9.59 Å². The van der Waals surface area contributed by atoms with Gasteiger partial charge in [0.15, 0.2) is 0 Å². The van der Waals surface area contributed by atoms with E-state index in [4.69, 9.17) is 0 Å². The van der Waals surface area contributed by atoms with Crippen molar-refractivity contribution in [3.8, 4) is 0 Å². The highest BCUT2D eigenvalue weighted by Crippen LogP contribution is 2.23. The standard InChI is InChI=1S/C20H26N2O2/c1-15-6-3-4-7-18(15)16(2)14-20(24)21-12-9-17(10-13-21)22-11-5-8-19(22)23/h3-4,6-7,14,17H,5,8-13H2,1-2H3/b16-14+. The first-order valence-corrected chi connectivity index (χ1v) is 8.89. The van der Waals surface area contributed by atoms with E-state index in [1.807, 2.05) is 28.9 Å². The van der Waals surface area contributed by atoms with E-state index in [2.05, 4.69) is 19.1 Å². The minimum atomic E-state index is 0.0851. The van der Waals surface area contributed by atoms with Gasteiger partial charge >= 0.3 is 0 Å². The van der Waals surface area contributed by atoms with E-state index in [1.54, 1.807) is 6.08 Å². The van der Waals surface area contributed by atoms with E-state index < -0.39 is 0 Å². The molecular weight excluding hydrogens is 300 g/mol. The zero-order valence-corrected chi connectivity index (χ0v) is 14.6. The summed E-state index contributed by atoms with van der Waals surface area (Å²) in [5, 5.41) is 0. The Morgan fingerprint density at radius 3 is 2.50 bits per heavy atom. The minimum Gasteiger partial charge on any atom is -0.340 e. The summed E-state index contributed by atoms with van der Waals surface area (Å²) in [5.41, 5.74) is 3.32. The van der Waals surface area contributed by atoms with Crippen LogP contribution in [0.1, 0.15) is 43.7 Å². The Bertz CT molecular complexity index is 657. The van der Waals surface area contributed by atoms with Gasteiger partial charge in [0.1, 0.15) is 0 Å². The van der Waals surface area contributed by atoms with Crippen LogP contribution >= 0.6 is 0 Å². The second-order valence-corrected chi connectivity index (χ2v) is 6.89. The number of nitrogens with zero attached hydrogens (tertiary/aromatic N) is 2. The van der Waals surface area contributed by atoms with Gasteiger partial charge in [-0.25, -0.2) is 0 Å². The van der Waals surface area contributed by atoms with Crippen molar-refractivity contribution in [1.29, 1.82) is 0 Å². The predicted molar refractivity (Wildman–Crippen MR) is 95.4 cm³/mol. The monoisotopic (exact) mass is 326 g/mol. The number of amides is 2. The zero-order chi connectivity index (χ0) is 17.1. The molecule has 0 saturated carbocycles. The number of rotatable bonds is 3. The van der Waals surface area contributed by atoms with Crippen molar-refractivity contribution in [3.63, 3.8) is 0 Å². The van der Waals surface area contributed by atoms with Gasteiger partial charge in [0.25, 0.3) is 0 Å². The second kappa shape index (κ2) is 7.20. The first-order chi connectivity index (χ1) is 11.6. The molecular formula is C20H26N2O2. The number of benzene rings is 1. The number of hydrogen-bond acceptors (Lipinski definition) is 2. The Morgan fingerprint density at radius 1 is 1.17 bits per heavy atom. The maximum atomic E-state index is 12.6. The van der Waals surface area contributed by atoms with Crippen molar-refractivity contribution in [2.45, 2.75) is 45.6 Å². The molecule has 0 bridgehead atoms. The molecule has 2 aliphatic heterocycles. The first kappa shape index (κ1) is 16.7. The highest BCUT2D eigenvalue weighted by molar-refractivity contribution is 5.95. The van der Waals surface area contributed by atoms with Gasteiger partial charge in [-0.15, -0.1) is 0 Å². The molecule has 1 aromatic rings. The molecule has 4 nitrogen and oxygen atoms in total. The van der Waals surface area contributed by atoms with Crippen molar-refractivity contribution in [3.05, 3.63) is 41.5 Å². The Morgan fingerprint density at radius 2 is 1.88 bits per heavy atom. The Balaban J connectivity index is 1.60. The molecule has 0 aliphatic carbocycles. The zero-order valence-electron chi connectivity index (χ0n) is 14.6. The van der Waals surface area contributed by atoms with E-state index in [1.165, 1.54) is 5.56 Å². The van der Waals surface area contributed by atoms with E-state index in [9.17, 15) is 9.59 Å². The third-order valence-corrected chi connectivity index (χ3v) is 5.24. The van der Waals surface area contributed by atoms with Gasteiger partial charge in [-0.2, -0.15) is 0 Å². The summed E-state index contributed by atoms with van der Waals surface area (Å²) in [6, 6.07) is 8.46. The third-order valence-electron chi connectivity index (χ3n) is 5.24. The fraction of sp³-hybridized carbons (Fsp3) is 0.500. The van der Waals surface area contributed by atoms with Crippen LogP contribution in [0.3, 0.4) is 0 Å². The summed E-state index contributed by atoms with van der Waals surface area (Å²) >= 11 is 0. The van der Waals surface area contributed by atoms with Crippen LogP contribution in [0.5, 0.6) is 0 Å². The summed E-state index contributed by atoms with van der Waals surface area (Å²) < 4.78 is 0. The number of likely N-dealkylation sites (tertiary alicyclic amines) is 2. The number of piperidine rings is 1. The molecule has 4 heteroatoms. The molecule has 0 atom stereocenters. The van der Waals surface area contributed by atoms with Crippen molar-refractivity contribution in [2.75, 3.05) is 19.6 Å². The molecule has 2 saturated heterocycles. The topological polar surface area (TPSA) is 40.6 Å². The fourth-order valence-electron chi connectivity index (χ4n) is 3.82. The molecule has 2 heterocycles. The number of aryl methyl sites for hydroxylation is 1. The smallest absolute Gasteiger partial charge is 0.246 e. The van der Waals surface area contributed by atoms with Gasteiger partial charge in [-0.05, 0) is 49.8 Å². The Labute approximate surface area is 144 Å². The Hall–Kier alpha value is -2.10. The van der Waals surface area contributed by atoms with Crippen LogP contribution in [0.25, 0.3) is 5.57 Å². The van der Waals surface area contributed by atoms with E-state index in [0.29, 0.717) is 12.5 Å². The second-order valence-electron chi connectivity index (χ2n) is 6.89. The molecule has 2 aliphatic rings. The fourth-order valence-corrected chi connectivity index (χ4v) is 3.82. The predicted octanol–water partition coefficient (Wildman–Crippen LogP) is 3.01. The average molecular weight is 326 g/mol. The molecule has 1 aromatic carbocycles. The molecule has 0 unspecified atom stereocenters. The van der Waals surface area contributed by atoms with Gasteiger partial charge < -0.3 is 9.80 Å². The van der Waals surface area contributed by atoms with E-state index >= 15 is 0 Å². The molecule has 3 rings (SSSR count). The van der Waals surface area contributed by atoms with Crippen molar-refractivity contribution < 1.29 is 9.59 Å². The summed E-state index contributed by atoms with van der Waals surface area (Å²) in [5.74, 6) is 0.372. The molecule has 2 amide bonds. The maximum Gasteiger partial charge on any atom is 0.246 e. The third kappa shape index (κ3) is 3.53. The number of hydrogen-bond donors (Lipinski definition) is 0. The number of carbonyl (C=O) groups excluding carboxylic acids is 2. The molecule has 0 radical (unpaired) electrons. The molecule has 128 valence electrons.